The first kappa shape index (κ1) is 13.1. The molecule has 0 amide bonds. The summed E-state index contributed by atoms with van der Waals surface area (Å²) in [5.41, 5.74) is 2.77. The van der Waals surface area contributed by atoms with Crippen molar-refractivity contribution in [3.63, 3.8) is 0 Å². The third-order valence-corrected chi connectivity index (χ3v) is 3.10. The molecule has 2 rings (SSSR count). The maximum atomic E-state index is 13.2. The van der Waals surface area contributed by atoms with E-state index in [9.17, 15) is 4.39 Å². The fraction of sp³-hybridized carbons (Fsp3) is 0.308. The van der Waals surface area contributed by atoms with Crippen LogP contribution in [0.4, 0.5) is 4.39 Å². The Hall–Kier alpha value is -1.39. The van der Waals surface area contributed by atoms with Gasteiger partial charge >= 0.3 is 0 Å². The molecule has 1 aromatic heterocycles. The Morgan fingerprint density at radius 1 is 1.33 bits per heavy atom. The molecule has 1 heterocycles. The highest BCUT2D eigenvalue weighted by atomic mass is 35.5. The summed E-state index contributed by atoms with van der Waals surface area (Å²) in [5.74, 6) is 0.413. The van der Waals surface area contributed by atoms with E-state index in [-0.39, 0.29) is 5.02 Å². The number of hydrogen-bond acceptors (Lipinski definition) is 3. The third kappa shape index (κ3) is 2.89. The second-order valence-corrected chi connectivity index (χ2v) is 4.56. The predicted molar refractivity (Wildman–Crippen MR) is 67.9 cm³/mol. The van der Waals surface area contributed by atoms with Crippen LogP contribution in [0, 0.1) is 19.7 Å². The second-order valence-electron chi connectivity index (χ2n) is 4.15. The van der Waals surface area contributed by atoms with Crippen molar-refractivity contribution >= 4 is 11.6 Å². The highest BCUT2D eigenvalue weighted by Crippen LogP contribution is 2.16. The summed E-state index contributed by atoms with van der Waals surface area (Å²) >= 11 is 5.62. The van der Waals surface area contributed by atoms with E-state index in [0.717, 1.165) is 22.6 Å². The van der Waals surface area contributed by atoms with Crippen LogP contribution in [0.1, 0.15) is 22.6 Å². The number of benzene rings is 1. The lowest BCUT2D eigenvalue weighted by molar-refractivity contribution is 0.392. The van der Waals surface area contributed by atoms with Gasteiger partial charge in [0.1, 0.15) is 11.6 Å². The van der Waals surface area contributed by atoms with Gasteiger partial charge in [-0.05, 0) is 31.5 Å². The molecule has 0 aliphatic heterocycles. The fourth-order valence-corrected chi connectivity index (χ4v) is 1.85. The Balaban J connectivity index is 1.94. The molecule has 0 fully saturated rings. The number of halogens is 2. The summed E-state index contributed by atoms with van der Waals surface area (Å²) < 4.78 is 18.3. The molecule has 1 aromatic carbocycles. The quantitative estimate of drug-likeness (QED) is 0.924. The Labute approximate surface area is 110 Å². The van der Waals surface area contributed by atoms with Crippen LogP contribution in [0.2, 0.25) is 5.02 Å². The zero-order chi connectivity index (χ0) is 13.1. The van der Waals surface area contributed by atoms with E-state index in [1.165, 1.54) is 6.07 Å². The van der Waals surface area contributed by atoms with Crippen LogP contribution < -0.4 is 5.32 Å². The van der Waals surface area contributed by atoms with E-state index in [1.54, 1.807) is 12.1 Å². The minimum absolute atomic E-state index is 0.143. The molecule has 3 nitrogen and oxygen atoms in total. The molecular weight excluding hydrogens is 255 g/mol. The summed E-state index contributed by atoms with van der Waals surface area (Å²) in [7, 11) is 0. The molecule has 0 spiro atoms. The van der Waals surface area contributed by atoms with Gasteiger partial charge in [-0.15, -0.1) is 0 Å². The van der Waals surface area contributed by atoms with E-state index < -0.39 is 5.82 Å². The van der Waals surface area contributed by atoms with Gasteiger partial charge in [-0.1, -0.05) is 22.8 Å². The number of nitrogens with zero attached hydrogens (tertiary/aromatic N) is 1. The zero-order valence-electron chi connectivity index (χ0n) is 10.3. The fourth-order valence-electron chi connectivity index (χ4n) is 1.74. The molecule has 0 radical (unpaired) electrons. The van der Waals surface area contributed by atoms with Crippen LogP contribution in [-0.2, 0) is 13.1 Å². The monoisotopic (exact) mass is 268 g/mol. The maximum Gasteiger partial charge on any atom is 0.142 e. The van der Waals surface area contributed by atoms with Crippen molar-refractivity contribution in [3.8, 4) is 0 Å². The van der Waals surface area contributed by atoms with E-state index in [1.807, 2.05) is 13.8 Å². The van der Waals surface area contributed by atoms with Gasteiger partial charge in [0.25, 0.3) is 0 Å². The molecule has 0 unspecified atom stereocenters. The SMILES string of the molecule is Cc1noc(C)c1CNCc1ccc(Cl)c(F)c1. The van der Waals surface area contributed by atoms with Crippen molar-refractivity contribution in [2.45, 2.75) is 26.9 Å². The minimum Gasteiger partial charge on any atom is -0.361 e. The highest BCUT2D eigenvalue weighted by molar-refractivity contribution is 6.30. The lowest BCUT2D eigenvalue weighted by atomic mass is 10.2. The van der Waals surface area contributed by atoms with Gasteiger partial charge in [-0.25, -0.2) is 4.39 Å². The van der Waals surface area contributed by atoms with Crippen LogP contribution in [0.5, 0.6) is 0 Å². The van der Waals surface area contributed by atoms with Crippen molar-refractivity contribution in [2.75, 3.05) is 0 Å². The predicted octanol–water partition coefficient (Wildman–Crippen LogP) is 3.37. The summed E-state index contributed by atoms with van der Waals surface area (Å²) in [4.78, 5) is 0. The molecule has 2 aromatic rings. The average Bonchev–Trinajstić information content (AvgIpc) is 2.65. The Morgan fingerprint density at radius 3 is 2.72 bits per heavy atom. The molecule has 96 valence electrons. The van der Waals surface area contributed by atoms with Gasteiger partial charge in [-0.2, -0.15) is 0 Å². The van der Waals surface area contributed by atoms with Crippen molar-refractivity contribution in [1.82, 2.24) is 10.5 Å². The molecular formula is C13H14ClFN2O. The number of aryl methyl sites for hydroxylation is 2. The van der Waals surface area contributed by atoms with Crippen LogP contribution >= 0.6 is 11.6 Å². The minimum atomic E-state index is -0.395. The van der Waals surface area contributed by atoms with Gasteiger partial charge in [0.15, 0.2) is 0 Å². The van der Waals surface area contributed by atoms with Crippen LogP contribution in [0.15, 0.2) is 22.7 Å². The van der Waals surface area contributed by atoms with Crippen molar-refractivity contribution in [1.29, 1.82) is 0 Å². The smallest absolute Gasteiger partial charge is 0.142 e. The van der Waals surface area contributed by atoms with Crippen molar-refractivity contribution in [3.05, 3.63) is 51.6 Å². The van der Waals surface area contributed by atoms with E-state index in [0.29, 0.717) is 13.1 Å². The summed E-state index contributed by atoms with van der Waals surface area (Å²) in [6, 6.07) is 4.79. The first-order chi connectivity index (χ1) is 8.58. The molecule has 0 aliphatic carbocycles. The van der Waals surface area contributed by atoms with Crippen molar-refractivity contribution in [2.24, 2.45) is 0 Å². The van der Waals surface area contributed by atoms with Crippen LogP contribution in [-0.4, -0.2) is 5.16 Å². The first-order valence-electron chi connectivity index (χ1n) is 5.64. The van der Waals surface area contributed by atoms with Gasteiger partial charge < -0.3 is 9.84 Å². The normalized spacial score (nSPS) is 10.9. The largest absolute Gasteiger partial charge is 0.361 e. The maximum absolute atomic E-state index is 13.2. The highest BCUT2D eigenvalue weighted by Gasteiger charge is 2.08. The third-order valence-electron chi connectivity index (χ3n) is 2.80. The standard InChI is InChI=1S/C13H14ClFN2O/c1-8-11(9(2)18-17-8)7-16-6-10-3-4-12(14)13(15)5-10/h3-5,16H,6-7H2,1-2H3. The zero-order valence-corrected chi connectivity index (χ0v) is 11.0. The molecule has 18 heavy (non-hydrogen) atoms. The number of hydrogen-bond donors (Lipinski definition) is 1. The molecule has 0 saturated heterocycles. The molecule has 0 bridgehead atoms. The summed E-state index contributed by atoms with van der Waals surface area (Å²) in [6.45, 7) is 4.98. The number of aromatic nitrogens is 1. The molecule has 0 atom stereocenters. The van der Waals surface area contributed by atoms with Gasteiger partial charge in [0, 0.05) is 18.7 Å². The first-order valence-corrected chi connectivity index (χ1v) is 6.02. The van der Waals surface area contributed by atoms with E-state index in [2.05, 4.69) is 10.5 Å². The second kappa shape index (κ2) is 5.50. The summed E-state index contributed by atoms with van der Waals surface area (Å²) in [6.07, 6.45) is 0. The van der Waals surface area contributed by atoms with Gasteiger partial charge in [-0.3, -0.25) is 0 Å². The topological polar surface area (TPSA) is 38.1 Å². The molecule has 5 heteroatoms. The van der Waals surface area contributed by atoms with E-state index in [4.69, 9.17) is 16.1 Å². The number of nitrogens with one attached hydrogen (secondary N) is 1. The van der Waals surface area contributed by atoms with Gasteiger partial charge in [0.05, 0.1) is 10.7 Å². The van der Waals surface area contributed by atoms with Crippen LogP contribution in [0.25, 0.3) is 0 Å². The van der Waals surface area contributed by atoms with E-state index >= 15 is 0 Å². The Morgan fingerprint density at radius 2 is 2.11 bits per heavy atom. The lowest BCUT2D eigenvalue weighted by Crippen LogP contribution is -2.13. The number of rotatable bonds is 4. The van der Waals surface area contributed by atoms with Crippen LogP contribution in [0.3, 0.4) is 0 Å². The molecule has 1 N–H and O–H groups in total. The lowest BCUT2D eigenvalue weighted by Gasteiger charge is -2.05. The van der Waals surface area contributed by atoms with Crippen molar-refractivity contribution < 1.29 is 8.91 Å². The molecule has 0 saturated carbocycles. The van der Waals surface area contributed by atoms with Gasteiger partial charge in [0.2, 0.25) is 0 Å². The summed E-state index contributed by atoms with van der Waals surface area (Å²) in [5, 5.41) is 7.24. The average molecular weight is 269 g/mol. The molecule has 0 aliphatic rings. The Kier molecular flexibility index (Phi) is 3.99. The Bertz CT molecular complexity index is 534.